The number of aromatic nitrogens is 2. The predicted molar refractivity (Wildman–Crippen MR) is 82.1 cm³/mol. The Morgan fingerprint density at radius 3 is 3.14 bits per heavy atom. The maximum absolute atomic E-state index is 12.7. The molecule has 0 fully saturated rings. The fourth-order valence-corrected chi connectivity index (χ4v) is 3.01. The van der Waals surface area contributed by atoms with Gasteiger partial charge in [-0.1, -0.05) is 31.2 Å². The Kier molecular flexibility index (Phi) is 4.15. The van der Waals surface area contributed by atoms with Gasteiger partial charge in [0.05, 0.1) is 12.3 Å². The lowest BCUT2D eigenvalue weighted by Gasteiger charge is -2.25. The van der Waals surface area contributed by atoms with Crippen LogP contribution in [0.2, 0.25) is 0 Å². The van der Waals surface area contributed by atoms with Crippen LogP contribution in [0.15, 0.2) is 36.7 Å². The Morgan fingerprint density at radius 2 is 2.29 bits per heavy atom. The highest BCUT2D eigenvalue weighted by Gasteiger charge is 2.26. The number of hydrogen-bond donors (Lipinski definition) is 1. The largest absolute Gasteiger partial charge is 0.335 e. The first-order chi connectivity index (χ1) is 10.3. The monoisotopic (exact) mass is 283 g/mol. The van der Waals surface area contributed by atoms with Crippen molar-refractivity contribution in [2.24, 2.45) is 0 Å². The molecular weight excluding hydrogens is 262 g/mol. The SMILES string of the molecule is CCCn1ccnc1CC(=O)C1CNCc2ccccc21. The Bertz CT molecular complexity index is 632. The fourth-order valence-electron chi connectivity index (χ4n) is 3.01. The van der Waals surface area contributed by atoms with Crippen molar-refractivity contribution >= 4 is 5.78 Å². The van der Waals surface area contributed by atoms with Gasteiger partial charge in [-0.25, -0.2) is 4.98 Å². The van der Waals surface area contributed by atoms with Gasteiger partial charge in [-0.05, 0) is 17.5 Å². The zero-order valence-corrected chi connectivity index (χ0v) is 12.4. The van der Waals surface area contributed by atoms with Gasteiger partial charge >= 0.3 is 0 Å². The summed E-state index contributed by atoms with van der Waals surface area (Å²) in [5.74, 6) is 1.07. The number of fused-ring (bicyclic) bond motifs is 1. The Labute approximate surface area is 125 Å². The number of aryl methyl sites for hydroxylation is 1. The summed E-state index contributed by atoms with van der Waals surface area (Å²) in [7, 11) is 0. The number of carbonyl (C=O) groups excluding carboxylic acids is 1. The molecule has 4 heteroatoms. The molecule has 1 aromatic heterocycles. The van der Waals surface area contributed by atoms with Gasteiger partial charge in [0, 0.05) is 32.0 Å². The van der Waals surface area contributed by atoms with Crippen LogP contribution < -0.4 is 5.32 Å². The molecule has 1 unspecified atom stereocenters. The minimum Gasteiger partial charge on any atom is -0.335 e. The molecule has 110 valence electrons. The molecule has 1 aliphatic rings. The van der Waals surface area contributed by atoms with Crippen molar-refractivity contribution in [3.63, 3.8) is 0 Å². The van der Waals surface area contributed by atoms with E-state index < -0.39 is 0 Å². The molecule has 0 saturated heterocycles. The minimum absolute atomic E-state index is 0.0540. The summed E-state index contributed by atoms with van der Waals surface area (Å²) in [5, 5.41) is 3.34. The van der Waals surface area contributed by atoms with Crippen molar-refractivity contribution in [2.75, 3.05) is 6.54 Å². The van der Waals surface area contributed by atoms with Crippen LogP contribution in [0.4, 0.5) is 0 Å². The third-order valence-corrected chi connectivity index (χ3v) is 4.08. The maximum atomic E-state index is 12.7. The zero-order chi connectivity index (χ0) is 14.7. The van der Waals surface area contributed by atoms with Gasteiger partial charge < -0.3 is 9.88 Å². The lowest BCUT2D eigenvalue weighted by molar-refractivity contribution is -0.120. The molecule has 1 aliphatic heterocycles. The Morgan fingerprint density at radius 1 is 1.43 bits per heavy atom. The van der Waals surface area contributed by atoms with E-state index in [4.69, 9.17) is 0 Å². The van der Waals surface area contributed by atoms with Crippen LogP contribution in [0.25, 0.3) is 0 Å². The number of nitrogens with one attached hydrogen (secondary N) is 1. The van der Waals surface area contributed by atoms with Crippen molar-refractivity contribution in [1.29, 1.82) is 0 Å². The standard InChI is InChI=1S/C17H21N3O/c1-2-8-20-9-7-19-17(20)10-16(21)15-12-18-11-13-5-3-4-6-14(13)15/h3-7,9,15,18H,2,8,10-12H2,1H3. The number of rotatable bonds is 5. The molecule has 21 heavy (non-hydrogen) atoms. The van der Waals surface area contributed by atoms with Crippen LogP contribution in [-0.2, 0) is 24.3 Å². The number of ketones is 1. The highest BCUT2D eigenvalue weighted by molar-refractivity contribution is 5.88. The molecule has 1 aromatic carbocycles. The second-order valence-corrected chi connectivity index (χ2v) is 5.56. The lowest BCUT2D eigenvalue weighted by atomic mass is 9.86. The molecule has 0 amide bonds. The Hall–Kier alpha value is -1.94. The van der Waals surface area contributed by atoms with Gasteiger partial charge in [0.15, 0.2) is 0 Å². The number of hydrogen-bond acceptors (Lipinski definition) is 3. The number of benzene rings is 1. The summed E-state index contributed by atoms with van der Waals surface area (Å²) in [6, 6.07) is 8.22. The molecule has 1 atom stereocenters. The van der Waals surface area contributed by atoms with E-state index in [1.165, 1.54) is 11.1 Å². The van der Waals surface area contributed by atoms with Crippen molar-refractivity contribution in [3.05, 3.63) is 53.6 Å². The van der Waals surface area contributed by atoms with Gasteiger partial charge in [-0.2, -0.15) is 0 Å². The van der Waals surface area contributed by atoms with E-state index >= 15 is 0 Å². The maximum Gasteiger partial charge on any atom is 0.149 e. The first-order valence-electron chi connectivity index (χ1n) is 7.61. The van der Waals surface area contributed by atoms with E-state index in [2.05, 4.69) is 33.9 Å². The van der Waals surface area contributed by atoms with Gasteiger partial charge in [0.25, 0.3) is 0 Å². The van der Waals surface area contributed by atoms with Crippen molar-refractivity contribution in [3.8, 4) is 0 Å². The molecule has 0 saturated carbocycles. The van der Waals surface area contributed by atoms with Crippen LogP contribution in [-0.4, -0.2) is 21.9 Å². The third-order valence-electron chi connectivity index (χ3n) is 4.08. The molecular formula is C17H21N3O. The summed E-state index contributed by atoms with van der Waals surface area (Å²) in [5.41, 5.74) is 2.41. The number of imidazole rings is 1. The van der Waals surface area contributed by atoms with E-state index in [1.54, 1.807) is 6.20 Å². The molecule has 0 aliphatic carbocycles. The molecule has 4 nitrogen and oxygen atoms in total. The van der Waals surface area contributed by atoms with Crippen molar-refractivity contribution in [2.45, 2.75) is 38.8 Å². The zero-order valence-electron chi connectivity index (χ0n) is 12.4. The van der Waals surface area contributed by atoms with E-state index in [-0.39, 0.29) is 11.7 Å². The number of carbonyl (C=O) groups is 1. The van der Waals surface area contributed by atoms with Crippen LogP contribution in [0.3, 0.4) is 0 Å². The van der Waals surface area contributed by atoms with E-state index in [1.807, 2.05) is 18.3 Å². The van der Waals surface area contributed by atoms with Crippen LogP contribution in [0, 0.1) is 0 Å². The highest BCUT2D eigenvalue weighted by atomic mass is 16.1. The predicted octanol–water partition coefficient (Wildman–Crippen LogP) is 2.29. The average molecular weight is 283 g/mol. The molecule has 2 aromatic rings. The third kappa shape index (κ3) is 2.90. The summed E-state index contributed by atoms with van der Waals surface area (Å²) < 4.78 is 2.08. The van der Waals surface area contributed by atoms with E-state index in [0.29, 0.717) is 6.42 Å². The van der Waals surface area contributed by atoms with Gasteiger partial charge in [0.2, 0.25) is 0 Å². The second kappa shape index (κ2) is 6.22. The van der Waals surface area contributed by atoms with Gasteiger partial charge in [0.1, 0.15) is 11.6 Å². The summed E-state index contributed by atoms with van der Waals surface area (Å²) in [6.07, 6.45) is 5.20. The molecule has 1 N–H and O–H groups in total. The molecule has 2 heterocycles. The van der Waals surface area contributed by atoms with Gasteiger partial charge in [-0.15, -0.1) is 0 Å². The molecule has 0 bridgehead atoms. The summed E-state index contributed by atoms with van der Waals surface area (Å²) in [6.45, 7) is 4.63. The van der Waals surface area contributed by atoms with Crippen molar-refractivity contribution < 1.29 is 4.79 Å². The van der Waals surface area contributed by atoms with E-state index in [9.17, 15) is 4.79 Å². The quantitative estimate of drug-likeness (QED) is 0.916. The van der Waals surface area contributed by atoms with Crippen LogP contribution >= 0.6 is 0 Å². The minimum atomic E-state index is -0.0540. The smallest absolute Gasteiger partial charge is 0.149 e. The molecule has 0 spiro atoms. The van der Waals surface area contributed by atoms with E-state index in [0.717, 1.165) is 31.9 Å². The first kappa shape index (κ1) is 14.0. The second-order valence-electron chi connectivity index (χ2n) is 5.56. The molecule has 0 radical (unpaired) electrons. The lowest BCUT2D eigenvalue weighted by Crippen LogP contribution is -2.33. The number of Topliss-reactive ketones (excluding diaryl/α,β-unsaturated/α-hetero) is 1. The summed E-state index contributed by atoms with van der Waals surface area (Å²) >= 11 is 0. The van der Waals surface area contributed by atoms with Gasteiger partial charge in [-0.3, -0.25) is 4.79 Å². The van der Waals surface area contributed by atoms with Crippen molar-refractivity contribution in [1.82, 2.24) is 14.9 Å². The first-order valence-corrected chi connectivity index (χ1v) is 7.61. The average Bonchev–Trinajstić information content (AvgIpc) is 2.94. The topological polar surface area (TPSA) is 46.9 Å². The number of nitrogens with zero attached hydrogens (tertiary/aromatic N) is 2. The normalized spacial score (nSPS) is 17.5. The fraction of sp³-hybridized carbons (Fsp3) is 0.412. The van der Waals surface area contributed by atoms with Crippen LogP contribution in [0.5, 0.6) is 0 Å². The Balaban J connectivity index is 1.79. The van der Waals surface area contributed by atoms with Crippen LogP contribution in [0.1, 0.15) is 36.2 Å². The highest BCUT2D eigenvalue weighted by Crippen LogP contribution is 2.25. The molecule has 3 rings (SSSR count). The summed E-state index contributed by atoms with van der Waals surface area (Å²) in [4.78, 5) is 17.0.